The zero-order chi connectivity index (χ0) is 28.3. The number of nitrogens with one attached hydrogen (secondary N) is 2. The number of amides is 3. The predicted octanol–water partition coefficient (Wildman–Crippen LogP) is 6.62. The first-order chi connectivity index (χ1) is 17.9. The van der Waals surface area contributed by atoms with E-state index in [1.165, 1.54) is 0 Å². The third-order valence-corrected chi connectivity index (χ3v) is 6.51. The van der Waals surface area contributed by atoms with E-state index in [2.05, 4.69) is 17.6 Å². The molecule has 0 radical (unpaired) electrons. The Bertz CT molecular complexity index is 1090. The third kappa shape index (κ3) is 9.51. The molecule has 2 N–H and O–H groups in total. The molecule has 0 spiro atoms. The molecule has 2 rings (SSSR count). The van der Waals surface area contributed by atoms with Crippen molar-refractivity contribution < 1.29 is 19.1 Å². The van der Waals surface area contributed by atoms with Gasteiger partial charge in [-0.05, 0) is 76.3 Å². The van der Waals surface area contributed by atoms with Crippen LogP contribution >= 0.6 is 0 Å². The highest BCUT2D eigenvalue weighted by Gasteiger charge is 2.33. The molecule has 0 aliphatic carbocycles. The summed E-state index contributed by atoms with van der Waals surface area (Å²) < 4.78 is 5.31. The van der Waals surface area contributed by atoms with Gasteiger partial charge in [0.1, 0.15) is 18.2 Å². The van der Waals surface area contributed by atoms with Gasteiger partial charge >= 0.3 is 6.09 Å². The Morgan fingerprint density at radius 3 is 2.21 bits per heavy atom. The summed E-state index contributed by atoms with van der Waals surface area (Å²) in [4.78, 5) is 41.5. The minimum atomic E-state index is -0.853. The van der Waals surface area contributed by atoms with Crippen LogP contribution in [0.5, 0.6) is 0 Å². The molecule has 2 aromatic carbocycles. The molecule has 7 nitrogen and oxygen atoms in total. The van der Waals surface area contributed by atoms with Crippen LogP contribution < -0.4 is 10.6 Å². The van der Waals surface area contributed by atoms with Crippen LogP contribution in [0.1, 0.15) is 88.1 Å². The van der Waals surface area contributed by atoms with E-state index in [9.17, 15) is 14.4 Å². The van der Waals surface area contributed by atoms with Crippen molar-refractivity contribution in [3.05, 3.63) is 64.7 Å². The summed E-state index contributed by atoms with van der Waals surface area (Å²) >= 11 is 0. The third-order valence-electron chi connectivity index (χ3n) is 6.51. The molecule has 0 aromatic heterocycles. The molecule has 0 saturated heterocycles. The molecular formula is C31H45N3O4. The summed E-state index contributed by atoms with van der Waals surface area (Å²) in [7, 11) is 0. The van der Waals surface area contributed by atoms with Gasteiger partial charge in [0, 0.05) is 12.2 Å². The molecular weight excluding hydrogens is 478 g/mol. The zero-order valence-electron chi connectivity index (χ0n) is 24.1. The lowest BCUT2D eigenvalue weighted by molar-refractivity contribution is -0.138. The van der Waals surface area contributed by atoms with Crippen molar-refractivity contribution in [1.82, 2.24) is 10.2 Å². The van der Waals surface area contributed by atoms with Gasteiger partial charge in [-0.2, -0.15) is 0 Å². The number of carbonyl (C=O) groups excluding carboxylic acids is 3. The number of aryl methyl sites for hydroxylation is 2. The number of nitrogens with zero attached hydrogens (tertiary/aromatic N) is 1. The van der Waals surface area contributed by atoms with Gasteiger partial charge in [0.15, 0.2) is 0 Å². The van der Waals surface area contributed by atoms with Crippen LogP contribution in [0, 0.1) is 20.8 Å². The number of para-hydroxylation sites is 1. The van der Waals surface area contributed by atoms with Crippen LogP contribution in [0.25, 0.3) is 0 Å². The van der Waals surface area contributed by atoms with E-state index >= 15 is 0 Å². The number of benzene rings is 2. The summed E-state index contributed by atoms with van der Waals surface area (Å²) in [5.74, 6) is -0.621. The monoisotopic (exact) mass is 523 g/mol. The first-order valence-corrected chi connectivity index (χ1v) is 13.6. The quantitative estimate of drug-likeness (QED) is 0.306. The Labute approximate surface area is 228 Å². The standard InChI is InChI=1S/C31H45N3O4/c1-8-9-10-11-14-20-34(27(35)21-32-30(37)38-31(5,6)7)28(25-18-15-17-22(2)24(25)4)29(36)33-26-19-13-12-16-23(26)3/h12-13,15-19,28H,8-11,14,20-21H2,1-7H3,(H,32,37)(H,33,36). The Morgan fingerprint density at radius 2 is 1.55 bits per heavy atom. The summed E-state index contributed by atoms with van der Waals surface area (Å²) in [6, 6.07) is 12.5. The van der Waals surface area contributed by atoms with Gasteiger partial charge in [0.05, 0.1) is 0 Å². The van der Waals surface area contributed by atoms with Crippen LogP contribution in [-0.4, -0.2) is 41.5 Å². The molecule has 1 atom stereocenters. The first-order valence-electron chi connectivity index (χ1n) is 13.6. The van der Waals surface area contributed by atoms with Crippen molar-refractivity contribution in [2.45, 2.75) is 92.2 Å². The maximum Gasteiger partial charge on any atom is 0.408 e. The highest BCUT2D eigenvalue weighted by molar-refractivity contribution is 5.99. The summed E-state index contributed by atoms with van der Waals surface area (Å²) in [5, 5.41) is 5.63. The van der Waals surface area contributed by atoms with Gasteiger partial charge in [-0.15, -0.1) is 0 Å². The molecule has 38 heavy (non-hydrogen) atoms. The first kappa shape index (κ1) is 30.9. The number of unbranched alkanes of at least 4 members (excludes halogenated alkanes) is 4. The maximum atomic E-state index is 13.9. The lowest BCUT2D eigenvalue weighted by Crippen LogP contribution is -2.47. The maximum absolute atomic E-state index is 13.9. The number of rotatable bonds is 12. The molecule has 208 valence electrons. The van der Waals surface area contributed by atoms with Crippen LogP contribution in [0.3, 0.4) is 0 Å². The van der Waals surface area contributed by atoms with Crippen molar-refractivity contribution >= 4 is 23.6 Å². The number of carbonyl (C=O) groups is 3. The second-order valence-electron chi connectivity index (χ2n) is 10.9. The van der Waals surface area contributed by atoms with Crippen molar-refractivity contribution in [3.63, 3.8) is 0 Å². The second-order valence-corrected chi connectivity index (χ2v) is 10.9. The lowest BCUT2D eigenvalue weighted by atomic mass is 9.95. The molecule has 0 heterocycles. The number of alkyl carbamates (subject to hydrolysis) is 1. The van der Waals surface area contributed by atoms with E-state index in [0.717, 1.165) is 54.4 Å². The van der Waals surface area contributed by atoms with Crippen LogP contribution in [0.4, 0.5) is 10.5 Å². The molecule has 0 saturated carbocycles. The Morgan fingerprint density at radius 1 is 0.895 bits per heavy atom. The average molecular weight is 524 g/mol. The predicted molar refractivity (Wildman–Crippen MR) is 153 cm³/mol. The van der Waals surface area contributed by atoms with Crippen molar-refractivity contribution in [3.8, 4) is 0 Å². The van der Waals surface area contributed by atoms with E-state index in [0.29, 0.717) is 12.2 Å². The SMILES string of the molecule is CCCCCCCN(C(=O)CNC(=O)OC(C)(C)C)C(C(=O)Nc1ccccc1C)c1cccc(C)c1C. The summed E-state index contributed by atoms with van der Waals surface area (Å²) in [6.07, 6.45) is 4.36. The van der Waals surface area contributed by atoms with E-state index in [1.54, 1.807) is 25.7 Å². The van der Waals surface area contributed by atoms with Crippen LogP contribution in [0.15, 0.2) is 42.5 Å². The van der Waals surface area contributed by atoms with Crippen molar-refractivity contribution in [2.75, 3.05) is 18.4 Å². The molecule has 0 aliphatic rings. The second kappa shape index (κ2) is 14.6. The zero-order valence-corrected chi connectivity index (χ0v) is 24.1. The van der Waals surface area contributed by atoms with Gasteiger partial charge in [0.2, 0.25) is 5.91 Å². The lowest BCUT2D eigenvalue weighted by Gasteiger charge is -2.33. The Balaban J connectivity index is 2.42. The van der Waals surface area contributed by atoms with Gasteiger partial charge in [-0.25, -0.2) is 4.79 Å². The Hall–Kier alpha value is -3.35. The van der Waals surface area contributed by atoms with Gasteiger partial charge < -0.3 is 20.3 Å². The minimum Gasteiger partial charge on any atom is -0.444 e. The fraction of sp³-hybridized carbons (Fsp3) is 0.516. The van der Waals surface area contributed by atoms with E-state index in [-0.39, 0.29) is 18.4 Å². The van der Waals surface area contributed by atoms with Crippen molar-refractivity contribution in [2.24, 2.45) is 0 Å². The number of ether oxygens (including phenoxy) is 1. The smallest absolute Gasteiger partial charge is 0.408 e. The number of hydrogen-bond acceptors (Lipinski definition) is 4. The molecule has 0 fully saturated rings. The summed E-state index contributed by atoms with van der Waals surface area (Å²) in [5.41, 5.74) is 3.73. The fourth-order valence-electron chi connectivity index (χ4n) is 4.28. The van der Waals surface area contributed by atoms with E-state index in [1.807, 2.05) is 63.2 Å². The van der Waals surface area contributed by atoms with Gasteiger partial charge in [-0.3, -0.25) is 9.59 Å². The highest BCUT2D eigenvalue weighted by Crippen LogP contribution is 2.29. The topological polar surface area (TPSA) is 87.7 Å². The number of hydrogen-bond donors (Lipinski definition) is 2. The highest BCUT2D eigenvalue weighted by atomic mass is 16.6. The van der Waals surface area contributed by atoms with E-state index < -0.39 is 17.7 Å². The van der Waals surface area contributed by atoms with Gasteiger partial charge in [-0.1, -0.05) is 69.0 Å². The average Bonchev–Trinajstić information content (AvgIpc) is 2.84. The number of anilines is 1. The van der Waals surface area contributed by atoms with Crippen LogP contribution in [0.2, 0.25) is 0 Å². The van der Waals surface area contributed by atoms with E-state index in [4.69, 9.17) is 4.74 Å². The molecule has 0 aliphatic heterocycles. The molecule has 3 amide bonds. The fourth-order valence-corrected chi connectivity index (χ4v) is 4.28. The Kier molecular flexibility index (Phi) is 11.8. The largest absolute Gasteiger partial charge is 0.444 e. The van der Waals surface area contributed by atoms with Gasteiger partial charge in [0.25, 0.3) is 5.91 Å². The molecule has 0 bridgehead atoms. The summed E-state index contributed by atoms with van der Waals surface area (Å²) in [6.45, 7) is 13.5. The normalized spacial score (nSPS) is 12.0. The van der Waals surface area contributed by atoms with Crippen molar-refractivity contribution in [1.29, 1.82) is 0 Å². The molecule has 2 aromatic rings. The molecule has 1 unspecified atom stereocenters. The minimum absolute atomic E-state index is 0.261. The van der Waals surface area contributed by atoms with Crippen LogP contribution in [-0.2, 0) is 14.3 Å². The molecule has 7 heteroatoms.